The number of alkyl halides is 3. The SMILES string of the molecule is Nc1cc(-c2nnc(CCc3cccc(C(F)(F)F)c3)o2)ccn1. The first-order valence-corrected chi connectivity index (χ1v) is 7.12. The quantitative estimate of drug-likeness (QED) is 0.790. The monoisotopic (exact) mass is 334 g/mol. The number of rotatable bonds is 4. The van der Waals surface area contributed by atoms with Crippen LogP contribution < -0.4 is 5.73 Å². The first kappa shape index (κ1) is 16.0. The van der Waals surface area contributed by atoms with Gasteiger partial charge in [0.05, 0.1) is 5.56 Å². The number of aryl methyl sites for hydroxylation is 2. The van der Waals surface area contributed by atoms with E-state index >= 15 is 0 Å². The number of nitrogens with two attached hydrogens (primary N) is 1. The van der Waals surface area contributed by atoms with Crippen molar-refractivity contribution in [1.82, 2.24) is 15.2 Å². The molecule has 0 radical (unpaired) electrons. The Balaban J connectivity index is 1.70. The average molecular weight is 334 g/mol. The van der Waals surface area contributed by atoms with Crippen LogP contribution in [0.15, 0.2) is 47.0 Å². The fourth-order valence-electron chi connectivity index (χ4n) is 2.21. The summed E-state index contributed by atoms with van der Waals surface area (Å²) in [4.78, 5) is 3.87. The van der Waals surface area contributed by atoms with Gasteiger partial charge in [-0.2, -0.15) is 13.2 Å². The second-order valence-electron chi connectivity index (χ2n) is 5.17. The summed E-state index contributed by atoms with van der Waals surface area (Å²) in [6.07, 6.45) is -2.12. The zero-order chi connectivity index (χ0) is 17.2. The molecule has 0 bridgehead atoms. The van der Waals surface area contributed by atoms with Crippen molar-refractivity contribution in [2.24, 2.45) is 0 Å². The Morgan fingerprint density at radius 2 is 1.88 bits per heavy atom. The fourth-order valence-corrected chi connectivity index (χ4v) is 2.21. The van der Waals surface area contributed by atoms with Crippen LogP contribution in [0.25, 0.3) is 11.5 Å². The number of hydrogen-bond acceptors (Lipinski definition) is 5. The lowest BCUT2D eigenvalue weighted by atomic mass is 10.1. The van der Waals surface area contributed by atoms with E-state index in [2.05, 4.69) is 15.2 Å². The number of nitrogen functional groups attached to an aromatic ring is 1. The summed E-state index contributed by atoms with van der Waals surface area (Å²) < 4.78 is 43.6. The van der Waals surface area contributed by atoms with Gasteiger partial charge in [0.15, 0.2) is 0 Å². The molecule has 0 saturated heterocycles. The second-order valence-corrected chi connectivity index (χ2v) is 5.17. The summed E-state index contributed by atoms with van der Waals surface area (Å²) in [5, 5.41) is 7.83. The smallest absolute Gasteiger partial charge is 0.416 e. The Morgan fingerprint density at radius 1 is 1.04 bits per heavy atom. The summed E-state index contributed by atoms with van der Waals surface area (Å²) in [7, 11) is 0. The lowest BCUT2D eigenvalue weighted by Gasteiger charge is -2.07. The van der Waals surface area contributed by atoms with E-state index in [1.807, 2.05) is 0 Å². The molecule has 2 N–H and O–H groups in total. The lowest BCUT2D eigenvalue weighted by molar-refractivity contribution is -0.137. The third-order valence-electron chi connectivity index (χ3n) is 3.38. The van der Waals surface area contributed by atoms with Crippen LogP contribution >= 0.6 is 0 Å². The second kappa shape index (κ2) is 6.31. The van der Waals surface area contributed by atoms with E-state index < -0.39 is 11.7 Å². The van der Waals surface area contributed by atoms with E-state index in [0.29, 0.717) is 41.6 Å². The number of pyridine rings is 1. The van der Waals surface area contributed by atoms with Gasteiger partial charge in [0.25, 0.3) is 0 Å². The van der Waals surface area contributed by atoms with Gasteiger partial charge in [-0.1, -0.05) is 18.2 Å². The molecule has 0 saturated carbocycles. The Bertz CT molecular complexity index is 845. The third kappa shape index (κ3) is 3.70. The highest BCUT2D eigenvalue weighted by Crippen LogP contribution is 2.29. The van der Waals surface area contributed by atoms with Gasteiger partial charge in [-0.05, 0) is 30.2 Å². The number of nitrogens with zero attached hydrogens (tertiary/aromatic N) is 3. The maximum absolute atomic E-state index is 12.7. The largest absolute Gasteiger partial charge is 0.421 e. The molecule has 0 spiro atoms. The molecule has 1 aromatic carbocycles. The molecule has 0 unspecified atom stereocenters. The van der Waals surface area contributed by atoms with E-state index in [0.717, 1.165) is 12.1 Å². The Morgan fingerprint density at radius 3 is 2.62 bits per heavy atom. The summed E-state index contributed by atoms with van der Waals surface area (Å²) in [6, 6.07) is 8.47. The van der Waals surface area contributed by atoms with E-state index in [-0.39, 0.29) is 0 Å². The van der Waals surface area contributed by atoms with Crippen LogP contribution in [-0.4, -0.2) is 15.2 Å². The predicted octanol–water partition coefficient (Wildman–Crippen LogP) is 3.52. The Hall–Kier alpha value is -2.90. The highest BCUT2D eigenvalue weighted by Gasteiger charge is 2.30. The molecule has 3 rings (SSSR count). The van der Waals surface area contributed by atoms with Gasteiger partial charge in [-0.25, -0.2) is 4.98 Å². The summed E-state index contributed by atoms with van der Waals surface area (Å²) >= 11 is 0. The number of anilines is 1. The molecule has 0 aliphatic carbocycles. The van der Waals surface area contributed by atoms with Crippen molar-refractivity contribution in [2.75, 3.05) is 5.73 Å². The molecule has 3 aromatic rings. The fraction of sp³-hybridized carbons (Fsp3) is 0.188. The van der Waals surface area contributed by atoms with E-state index in [1.165, 1.54) is 12.3 Å². The molecular formula is C16H13F3N4O. The van der Waals surface area contributed by atoms with Gasteiger partial charge in [0, 0.05) is 18.2 Å². The van der Waals surface area contributed by atoms with Crippen LogP contribution in [-0.2, 0) is 19.0 Å². The highest BCUT2D eigenvalue weighted by molar-refractivity contribution is 5.56. The zero-order valence-electron chi connectivity index (χ0n) is 12.4. The molecule has 0 atom stereocenters. The summed E-state index contributed by atoms with van der Waals surface area (Å²) in [6.45, 7) is 0. The standard InChI is InChI=1S/C16H13F3N4O/c17-16(18,19)12-3-1-2-10(8-12)4-5-14-22-23-15(24-14)11-6-7-21-13(20)9-11/h1-3,6-9H,4-5H2,(H2,20,21). The van der Waals surface area contributed by atoms with Crippen molar-refractivity contribution in [3.05, 3.63) is 59.6 Å². The number of halogens is 3. The van der Waals surface area contributed by atoms with Gasteiger partial charge < -0.3 is 10.2 Å². The van der Waals surface area contributed by atoms with E-state index in [9.17, 15) is 13.2 Å². The minimum absolute atomic E-state index is 0.295. The zero-order valence-corrected chi connectivity index (χ0v) is 12.4. The average Bonchev–Trinajstić information content (AvgIpc) is 3.01. The third-order valence-corrected chi connectivity index (χ3v) is 3.38. The summed E-state index contributed by atoms with van der Waals surface area (Å²) in [5.74, 6) is 0.970. The first-order chi connectivity index (χ1) is 11.4. The molecule has 0 fully saturated rings. The topological polar surface area (TPSA) is 77.8 Å². The molecule has 2 aromatic heterocycles. The summed E-state index contributed by atoms with van der Waals surface area (Å²) in [5.41, 5.74) is 6.12. The molecule has 2 heterocycles. The van der Waals surface area contributed by atoms with Crippen LogP contribution in [0.4, 0.5) is 19.0 Å². The van der Waals surface area contributed by atoms with Crippen LogP contribution in [0, 0.1) is 0 Å². The van der Waals surface area contributed by atoms with Gasteiger partial charge in [0.1, 0.15) is 5.82 Å². The van der Waals surface area contributed by atoms with Crippen molar-refractivity contribution in [3.63, 3.8) is 0 Å². The van der Waals surface area contributed by atoms with Crippen LogP contribution in [0.3, 0.4) is 0 Å². The van der Waals surface area contributed by atoms with E-state index in [1.54, 1.807) is 18.2 Å². The number of aromatic nitrogens is 3. The normalized spacial score (nSPS) is 11.6. The van der Waals surface area contributed by atoms with Gasteiger partial charge in [0.2, 0.25) is 11.8 Å². The van der Waals surface area contributed by atoms with Crippen LogP contribution in [0.2, 0.25) is 0 Å². The molecular weight excluding hydrogens is 321 g/mol. The van der Waals surface area contributed by atoms with Gasteiger partial charge >= 0.3 is 6.18 Å². The molecule has 0 aliphatic rings. The molecule has 8 heteroatoms. The number of hydrogen-bond donors (Lipinski definition) is 1. The number of benzene rings is 1. The van der Waals surface area contributed by atoms with Crippen molar-refractivity contribution >= 4 is 5.82 Å². The minimum Gasteiger partial charge on any atom is -0.421 e. The van der Waals surface area contributed by atoms with Crippen molar-refractivity contribution in [2.45, 2.75) is 19.0 Å². The molecule has 124 valence electrons. The molecule has 0 aliphatic heterocycles. The van der Waals surface area contributed by atoms with Gasteiger partial charge in [-0.15, -0.1) is 10.2 Å². The predicted molar refractivity (Wildman–Crippen MR) is 80.8 cm³/mol. The van der Waals surface area contributed by atoms with Crippen LogP contribution in [0.5, 0.6) is 0 Å². The van der Waals surface area contributed by atoms with Crippen molar-refractivity contribution in [3.8, 4) is 11.5 Å². The Labute approximate surface area is 135 Å². The molecule has 24 heavy (non-hydrogen) atoms. The Kier molecular flexibility index (Phi) is 4.20. The molecule has 5 nitrogen and oxygen atoms in total. The van der Waals surface area contributed by atoms with E-state index in [4.69, 9.17) is 10.2 Å². The maximum Gasteiger partial charge on any atom is 0.416 e. The van der Waals surface area contributed by atoms with Crippen molar-refractivity contribution in [1.29, 1.82) is 0 Å². The highest BCUT2D eigenvalue weighted by atomic mass is 19.4. The maximum atomic E-state index is 12.7. The molecule has 0 amide bonds. The van der Waals surface area contributed by atoms with Crippen molar-refractivity contribution < 1.29 is 17.6 Å². The lowest BCUT2D eigenvalue weighted by Crippen LogP contribution is -2.05. The first-order valence-electron chi connectivity index (χ1n) is 7.12. The van der Waals surface area contributed by atoms with Crippen LogP contribution in [0.1, 0.15) is 17.0 Å². The van der Waals surface area contributed by atoms with Gasteiger partial charge in [-0.3, -0.25) is 0 Å². The minimum atomic E-state index is -4.35.